The number of anilines is 2. The lowest BCUT2D eigenvalue weighted by Gasteiger charge is -2.32. The zero-order valence-electron chi connectivity index (χ0n) is 12.9. The number of piperidine rings is 1. The Kier molecular flexibility index (Phi) is 4.41. The fourth-order valence-corrected chi connectivity index (χ4v) is 2.90. The largest absolute Gasteiger partial charge is 0.481 e. The molecule has 1 fully saturated rings. The van der Waals surface area contributed by atoms with Crippen molar-refractivity contribution < 1.29 is 4.74 Å². The van der Waals surface area contributed by atoms with Gasteiger partial charge < -0.3 is 15.4 Å². The monoisotopic (exact) mass is 302 g/mol. The Bertz CT molecular complexity index is 592. The SMILES string of the molecule is COc1cc(N2CCC(CCn3cccn3)CC2)nc(N)n1. The van der Waals surface area contributed by atoms with Crippen molar-refractivity contribution in [2.75, 3.05) is 30.8 Å². The number of aromatic nitrogens is 4. The third-order valence-electron chi connectivity index (χ3n) is 4.18. The first-order valence-electron chi connectivity index (χ1n) is 7.65. The van der Waals surface area contributed by atoms with Crippen LogP contribution in [0.4, 0.5) is 11.8 Å². The van der Waals surface area contributed by atoms with Crippen LogP contribution in [-0.2, 0) is 6.54 Å². The van der Waals surface area contributed by atoms with Crippen molar-refractivity contribution in [1.29, 1.82) is 0 Å². The van der Waals surface area contributed by atoms with Crippen LogP contribution >= 0.6 is 0 Å². The molecule has 2 N–H and O–H groups in total. The van der Waals surface area contributed by atoms with Gasteiger partial charge in [-0.15, -0.1) is 0 Å². The van der Waals surface area contributed by atoms with Crippen LogP contribution in [0.25, 0.3) is 0 Å². The molecule has 2 aromatic rings. The molecule has 0 unspecified atom stereocenters. The Morgan fingerprint density at radius 2 is 2.14 bits per heavy atom. The highest BCUT2D eigenvalue weighted by Crippen LogP contribution is 2.26. The molecule has 0 saturated carbocycles. The number of aryl methyl sites for hydroxylation is 1. The van der Waals surface area contributed by atoms with Crippen molar-refractivity contribution >= 4 is 11.8 Å². The second-order valence-corrected chi connectivity index (χ2v) is 5.61. The molecule has 0 aliphatic carbocycles. The van der Waals surface area contributed by atoms with Crippen molar-refractivity contribution in [3.05, 3.63) is 24.5 Å². The van der Waals surface area contributed by atoms with E-state index in [2.05, 4.69) is 20.0 Å². The highest BCUT2D eigenvalue weighted by molar-refractivity contribution is 5.45. The number of nitrogens with zero attached hydrogens (tertiary/aromatic N) is 5. The molecule has 3 rings (SSSR count). The Hall–Kier alpha value is -2.31. The van der Waals surface area contributed by atoms with Gasteiger partial charge in [-0.1, -0.05) is 0 Å². The topological polar surface area (TPSA) is 82.1 Å². The maximum Gasteiger partial charge on any atom is 0.225 e. The summed E-state index contributed by atoms with van der Waals surface area (Å²) < 4.78 is 7.16. The third-order valence-corrected chi connectivity index (χ3v) is 4.18. The van der Waals surface area contributed by atoms with E-state index in [1.54, 1.807) is 7.11 Å². The van der Waals surface area contributed by atoms with Crippen molar-refractivity contribution in [3.63, 3.8) is 0 Å². The van der Waals surface area contributed by atoms with Gasteiger partial charge in [-0.2, -0.15) is 15.1 Å². The van der Waals surface area contributed by atoms with E-state index in [4.69, 9.17) is 10.5 Å². The molecular weight excluding hydrogens is 280 g/mol. The minimum atomic E-state index is 0.259. The summed E-state index contributed by atoms with van der Waals surface area (Å²) in [7, 11) is 1.59. The fourth-order valence-electron chi connectivity index (χ4n) is 2.90. The van der Waals surface area contributed by atoms with E-state index < -0.39 is 0 Å². The molecule has 118 valence electrons. The molecule has 0 amide bonds. The maximum absolute atomic E-state index is 5.73. The van der Waals surface area contributed by atoms with E-state index in [9.17, 15) is 0 Å². The van der Waals surface area contributed by atoms with E-state index in [-0.39, 0.29) is 5.95 Å². The predicted molar refractivity (Wildman–Crippen MR) is 84.8 cm³/mol. The van der Waals surface area contributed by atoms with Gasteiger partial charge >= 0.3 is 0 Å². The first-order valence-corrected chi connectivity index (χ1v) is 7.65. The molecule has 3 heterocycles. The number of methoxy groups -OCH3 is 1. The summed E-state index contributed by atoms with van der Waals surface area (Å²) in [5, 5.41) is 4.25. The predicted octanol–water partition coefficient (Wildman–Crippen LogP) is 1.57. The summed E-state index contributed by atoms with van der Waals surface area (Å²) in [6, 6.07) is 3.82. The van der Waals surface area contributed by atoms with Gasteiger partial charge in [0.25, 0.3) is 0 Å². The number of rotatable bonds is 5. The van der Waals surface area contributed by atoms with Crippen LogP contribution in [0, 0.1) is 5.92 Å². The number of hydrogen-bond acceptors (Lipinski definition) is 6. The zero-order chi connectivity index (χ0) is 15.4. The molecule has 1 aliphatic heterocycles. The highest BCUT2D eigenvalue weighted by atomic mass is 16.5. The summed E-state index contributed by atoms with van der Waals surface area (Å²) in [5.74, 6) is 2.37. The molecule has 0 aromatic carbocycles. The maximum atomic E-state index is 5.73. The smallest absolute Gasteiger partial charge is 0.225 e. The van der Waals surface area contributed by atoms with Crippen molar-refractivity contribution in [2.45, 2.75) is 25.8 Å². The van der Waals surface area contributed by atoms with Crippen LogP contribution in [0.15, 0.2) is 24.5 Å². The van der Waals surface area contributed by atoms with E-state index in [1.807, 2.05) is 29.2 Å². The first-order chi connectivity index (χ1) is 10.7. The molecule has 7 nitrogen and oxygen atoms in total. The van der Waals surface area contributed by atoms with Gasteiger partial charge in [-0.05, 0) is 31.2 Å². The Balaban J connectivity index is 1.54. The molecule has 1 saturated heterocycles. The standard InChI is InChI=1S/C15H22N6O/c1-22-14-11-13(18-15(16)19-14)20-8-3-12(4-9-20)5-10-21-7-2-6-17-21/h2,6-7,11-12H,3-5,8-10H2,1H3,(H2,16,18,19). The third kappa shape index (κ3) is 3.47. The molecule has 2 aromatic heterocycles. The van der Waals surface area contributed by atoms with Gasteiger partial charge in [0.2, 0.25) is 11.8 Å². The van der Waals surface area contributed by atoms with E-state index in [0.29, 0.717) is 5.88 Å². The van der Waals surface area contributed by atoms with Gasteiger partial charge in [-0.3, -0.25) is 4.68 Å². The van der Waals surface area contributed by atoms with Crippen LogP contribution in [0.5, 0.6) is 5.88 Å². The molecule has 0 atom stereocenters. The minimum Gasteiger partial charge on any atom is -0.481 e. The van der Waals surface area contributed by atoms with Crippen molar-refractivity contribution in [3.8, 4) is 5.88 Å². The number of ether oxygens (including phenoxy) is 1. The molecule has 0 spiro atoms. The summed E-state index contributed by atoms with van der Waals surface area (Å²) in [6.45, 7) is 2.97. The quantitative estimate of drug-likeness (QED) is 0.903. The second kappa shape index (κ2) is 6.64. The molecule has 0 radical (unpaired) electrons. The average molecular weight is 302 g/mol. The van der Waals surface area contributed by atoms with E-state index >= 15 is 0 Å². The molecular formula is C15H22N6O. The van der Waals surface area contributed by atoms with Crippen LogP contribution < -0.4 is 15.4 Å². The Morgan fingerprint density at radius 1 is 1.32 bits per heavy atom. The second-order valence-electron chi connectivity index (χ2n) is 5.61. The average Bonchev–Trinajstić information content (AvgIpc) is 3.06. The van der Waals surface area contributed by atoms with Gasteiger partial charge in [0.05, 0.1) is 7.11 Å². The van der Waals surface area contributed by atoms with E-state index in [1.165, 1.54) is 6.42 Å². The lowest BCUT2D eigenvalue weighted by atomic mass is 9.93. The van der Waals surface area contributed by atoms with Crippen LogP contribution in [0.3, 0.4) is 0 Å². The number of nitrogen functional groups attached to an aromatic ring is 1. The Morgan fingerprint density at radius 3 is 2.82 bits per heavy atom. The van der Waals surface area contributed by atoms with Gasteiger partial charge in [-0.25, -0.2) is 0 Å². The molecule has 1 aliphatic rings. The lowest BCUT2D eigenvalue weighted by Crippen LogP contribution is -2.34. The summed E-state index contributed by atoms with van der Waals surface area (Å²) in [4.78, 5) is 10.6. The van der Waals surface area contributed by atoms with Gasteiger partial charge in [0.1, 0.15) is 5.82 Å². The summed E-state index contributed by atoms with van der Waals surface area (Å²) >= 11 is 0. The number of hydrogen-bond donors (Lipinski definition) is 1. The number of nitrogens with two attached hydrogens (primary N) is 1. The van der Waals surface area contributed by atoms with Crippen molar-refractivity contribution in [2.24, 2.45) is 5.92 Å². The van der Waals surface area contributed by atoms with Crippen LogP contribution in [0.1, 0.15) is 19.3 Å². The van der Waals surface area contributed by atoms with Crippen LogP contribution in [0.2, 0.25) is 0 Å². The molecule has 22 heavy (non-hydrogen) atoms. The lowest BCUT2D eigenvalue weighted by molar-refractivity contribution is 0.352. The normalized spacial score (nSPS) is 16.0. The van der Waals surface area contributed by atoms with Gasteiger partial charge in [0.15, 0.2) is 0 Å². The van der Waals surface area contributed by atoms with Gasteiger partial charge in [0, 0.05) is 38.1 Å². The Labute approximate surface area is 130 Å². The minimum absolute atomic E-state index is 0.259. The molecule has 0 bridgehead atoms. The summed E-state index contributed by atoms with van der Waals surface area (Å²) in [6.07, 6.45) is 7.34. The van der Waals surface area contributed by atoms with Crippen LogP contribution in [-0.4, -0.2) is 39.9 Å². The fraction of sp³-hybridized carbons (Fsp3) is 0.533. The first kappa shape index (κ1) is 14.6. The highest BCUT2D eigenvalue weighted by Gasteiger charge is 2.21. The van der Waals surface area contributed by atoms with Crippen molar-refractivity contribution in [1.82, 2.24) is 19.7 Å². The summed E-state index contributed by atoms with van der Waals surface area (Å²) in [5.41, 5.74) is 5.73. The zero-order valence-corrected chi connectivity index (χ0v) is 12.9. The molecule has 7 heteroatoms. The van der Waals surface area contributed by atoms with E-state index in [0.717, 1.165) is 44.2 Å².